The minimum Gasteiger partial charge on any atom is -1.00 e. The first-order chi connectivity index (χ1) is 3.79. The second kappa shape index (κ2) is 4.40. The predicted molar refractivity (Wildman–Crippen MR) is 23.0 cm³/mol. The molecule has 0 saturated carbocycles. The largest absolute Gasteiger partial charge is 1.00 e. The Kier molecular flexibility index (Phi) is 4.68. The number of esters is 2. The molecule has 0 aromatic carbocycles. The van der Waals surface area contributed by atoms with Crippen molar-refractivity contribution in [2.24, 2.45) is 0 Å². The summed E-state index contributed by atoms with van der Waals surface area (Å²) in [5, 5.41) is 0. The summed E-state index contributed by atoms with van der Waals surface area (Å²) in [7, 11) is 0. The maximum atomic E-state index is 10.1. The van der Waals surface area contributed by atoms with Crippen molar-refractivity contribution in [3.8, 4) is 0 Å². The van der Waals surface area contributed by atoms with Crippen LogP contribution in [0.1, 0.15) is 1.43 Å². The number of rotatable bonds is 0. The van der Waals surface area contributed by atoms with Gasteiger partial charge in [0.2, 0.25) is 0 Å². The van der Waals surface area contributed by atoms with Gasteiger partial charge in [-0.1, -0.05) is 0 Å². The van der Waals surface area contributed by atoms with Crippen LogP contribution in [0.4, 0.5) is 0 Å². The Hall–Kier alpha value is 0.576. The van der Waals surface area contributed by atoms with Gasteiger partial charge in [-0.2, -0.15) is 0 Å². The van der Waals surface area contributed by atoms with Crippen LogP contribution < -0.4 is 51.4 Å². The van der Waals surface area contributed by atoms with Gasteiger partial charge in [0.15, 0.2) is 13.2 Å². The van der Waals surface area contributed by atoms with Gasteiger partial charge in [-0.3, -0.25) is 0 Å². The third-order valence-electron chi connectivity index (χ3n) is 0.702. The Bertz CT molecular complexity index is 109. The standard InChI is InChI=1S/C4H4O4.K.H/c5-3-1-7-4(6)2-8-3;;/h1-2H2;;/q;+1;-1. The molecular weight excluding hydrogens is 151 g/mol. The van der Waals surface area contributed by atoms with Crippen LogP contribution in [-0.2, 0) is 19.1 Å². The van der Waals surface area contributed by atoms with E-state index in [9.17, 15) is 9.59 Å². The van der Waals surface area contributed by atoms with E-state index in [1.807, 2.05) is 0 Å². The molecule has 0 N–H and O–H groups in total. The number of hydrogen-bond donors (Lipinski definition) is 0. The monoisotopic (exact) mass is 156 g/mol. The molecule has 4 nitrogen and oxygen atoms in total. The van der Waals surface area contributed by atoms with E-state index in [1.54, 1.807) is 0 Å². The summed E-state index contributed by atoms with van der Waals surface area (Å²) in [5.41, 5.74) is 0. The molecule has 1 aliphatic rings. The normalized spacial score (nSPS) is 17.3. The van der Waals surface area contributed by atoms with E-state index in [0.29, 0.717) is 0 Å². The SMILES string of the molecule is O=C1COC(=O)CO1.[H-].[K+]. The van der Waals surface area contributed by atoms with Crippen LogP contribution in [0, 0.1) is 0 Å². The van der Waals surface area contributed by atoms with E-state index in [-0.39, 0.29) is 66.0 Å². The van der Waals surface area contributed by atoms with Crippen molar-refractivity contribution < 1.29 is 71.9 Å². The van der Waals surface area contributed by atoms with Crippen molar-refractivity contribution >= 4 is 11.9 Å². The molecule has 0 unspecified atom stereocenters. The van der Waals surface area contributed by atoms with Crippen molar-refractivity contribution in [1.82, 2.24) is 0 Å². The molecule has 0 amide bonds. The molecule has 0 bridgehead atoms. The molecule has 0 spiro atoms. The van der Waals surface area contributed by atoms with Crippen LogP contribution >= 0.6 is 0 Å². The molecule has 46 valence electrons. The first kappa shape index (κ1) is 9.58. The van der Waals surface area contributed by atoms with Crippen molar-refractivity contribution in [2.75, 3.05) is 13.2 Å². The number of ether oxygens (including phenoxy) is 2. The topological polar surface area (TPSA) is 52.6 Å². The fourth-order valence-electron chi connectivity index (χ4n) is 0.362. The van der Waals surface area contributed by atoms with Gasteiger partial charge < -0.3 is 10.9 Å². The second-order valence-electron chi connectivity index (χ2n) is 1.32. The molecule has 1 saturated heterocycles. The molecule has 0 atom stereocenters. The summed E-state index contributed by atoms with van der Waals surface area (Å²) < 4.78 is 8.55. The van der Waals surface area contributed by atoms with Crippen LogP contribution in [0.3, 0.4) is 0 Å². The molecule has 5 heteroatoms. The van der Waals surface area contributed by atoms with Gasteiger partial charge in [-0.05, 0) is 0 Å². The minimum absolute atomic E-state index is 0. The van der Waals surface area contributed by atoms with Crippen molar-refractivity contribution in [3.63, 3.8) is 0 Å². The molecule has 0 aromatic rings. The summed E-state index contributed by atoms with van der Waals surface area (Å²) in [5.74, 6) is -0.964. The Labute approximate surface area is 95.8 Å². The number of carbonyl (C=O) groups excluding carboxylic acids is 2. The summed E-state index contributed by atoms with van der Waals surface area (Å²) in [6, 6.07) is 0. The summed E-state index contributed by atoms with van der Waals surface area (Å²) in [6.45, 7) is -0.475. The van der Waals surface area contributed by atoms with Gasteiger partial charge >= 0.3 is 63.3 Å². The summed E-state index contributed by atoms with van der Waals surface area (Å²) in [4.78, 5) is 20.2. The van der Waals surface area contributed by atoms with Crippen LogP contribution in [0.2, 0.25) is 0 Å². The Balaban J connectivity index is 0. The predicted octanol–water partition coefficient (Wildman–Crippen LogP) is -3.80. The number of hydrogen-bond acceptors (Lipinski definition) is 4. The summed E-state index contributed by atoms with van der Waals surface area (Å²) >= 11 is 0. The first-order valence-corrected chi connectivity index (χ1v) is 2.10. The Morgan fingerprint density at radius 2 is 1.44 bits per heavy atom. The molecule has 0 aliphatic carbocycles. The Morgan fingerprint density at radius 3 is 1.67 bits per heavy atom. The van der Waals surface area contributed by atoms with Gasteiger partial charge in [0.1, 0.15) is 0 Å². The molecule has 1 fully saturated rings. The van der Waals surface area contributed by atoms with Gasteiger partial charge in [-0.25, -0.2) is 9.59 Å². The third kappa shape index (κ3) is 3.32. The van der Waals surface area contributed by atoms with Crippen LogP contribution in [0.5, 0.6) is 0 Å². The molecular formula is C4H5KO4. The van der Waals surface area contributed by atoms with Gasteiger partial charge in [-0.15, -0.1) is 0 Å². The molecule has 1 rings (SSSR count). The van der Waals surface area contributed by atoms with Gasteiger partial charge in [0.25, 0.3) is 0 Å². The smallest absolute Gasteiger partial charge is 1.00 e. The van der Waals surface area contributed by atoms with E-state index in [4.69, 9.17) is 0 Å². The third-order valence-corrected chi connectivity index (χ3v) is 0.702. The zero-order valence-electron chi connectivity index (χ0n) is 6.05. The zero-order valence-corrected chi connectivity index (χ0v) is 8.17. The van der Waals surface area contributed by atoms with E-state index >= 15 is 0 Å². The summed E-state index contributed by atoms with van der Waals surface area (Å²) in [6.07, 6.45) is 0. The van der Waals surface area contributed by atoms with Gasteiger partial charge in [0, 0.05) is 0 Å². The molecule has 9 heavy (non-hydrogen) atoms. The van der Waals surface area contributed by atoms with Crippen LogP contribution in [0.25, 0.3) is 0 Å². The fraction of sp³-hybridized carbons (Fsp3) is 0.500. The number of cyclic esters (lactones) is 2. The Morgan fingerprint density at radius 1 is 1.11 bits per heavy atom. The molecule has 1 heterocycles. The van der Waals surface area contributed by atoms with E-state index in [1.165, 1.54) is 0 Å². The van der Waals surface area contributed by atoms with Crippen molar-refractivity contribution in [2.45, 2.75) is 0 Å². The van der Waals surface area contributed by atoms with Crippen molar-refractivity contribution in [1.29, 1.82) is 0 Å². The minimum atomic E-state index is -0.482. The first-order valence-electron chi connectivity index (χ1n) is 2.10. The average Bonchev–Trinajstić information content (AvgIpc) is 1.77. The van der Waals surface area contributed by atoms with Crippen molar-refractivity contribution in [3.05, 3.63) is 0 Å². The molecule has 0 aromatic heterocycles. The maximum Gasteiger partial charge on any atom is 1.00 e. The molecule has 1 aliphatic heterocycles. The van der Waals surface area contributed by atoms with E-state index < -0.39 is 11.9 Å². The maximum absolute atomic E-state index is 10.1. The fourth-order valence-corrected chi connectivity index (χ4v) is 0.362. The average molecular weight is 156 g/mol. The van der Waals surface area contributed by atoms with Crippen LogP contribution in [-0.4, -0.2) is 25.2 Å². The van der Waals surface area contributed by atoms with Gasteiger partial charge in [0.05, 0.1) is 0 Å². The van der Waals surface area contributed by atoms with Crippen LogP contribution in [0.15, 0.2) is 0 Å². The second-order valence-corrected chi connectivity index (χ2v) is 1.32. The zero-order chi connectivity index (χ0) is 5.98. The quantitative estimate of drug-likeness (QED) is 0.267. The molecule has 0 radical (unpaired) electrons. The van der Waals surface area contributed by atoms with E-state index in [0.717, 1.165) is 0 Å². The van der Waals surface area contributed by atoms with E-state index in [2.05, 4.69) is 9.47 Å². The number of carbonyl (C=O) groups is 2.